The Balaban J connectivity index is 3.82. The minimum Gasteiger partial charge on any atom is -0.379 e. The molecule has 0 saturated heterocycles. The van der Waals surface area contributed by atoms with Crippen molar-refractivity contribution in [2.45, 2.75) is 194 Å². The van der Waals surface area contributed by atoms with E-state index in [1.165, 1.54) is 141 Å². The van der Waals surface area contributed by atoms with Crippen LogP contribution in [-0.4, -0.2) is 50.5 Å². The molecule has 0 aliphatic carbocycles. The minimum absolute atomic E-state index is 0.234. The summed E-state index contributed by atoms with van der Waals surface area (Å²) >= 11 is 0. The standard InChI is InChI=1S/C44H83NO2/c1-5-9-11-13-15-17-19-21-23-25-27-29-31-33-35-37-41-46-43-44(39-40-45(7-3)8-4)47-42-38-36-34-32-30-28-26-24-22-20-18-16-14-12-10-6-2/h15-18,21-24,44H,5-14,19-20,25-43H2,1-4H3/b17-15+,18-16+,23-21+,24-22+/t44-/m0/s1. The highest BCUT2D eigenvalue weighted by molar-refractivity contribution is 4.93. The molecule has 0 aliphatic heterocycles. The largest absolute Gasteiger partial charge is 0.379 e. The van der Waals surface area contributed by atoms with Crippen LogP contribution in [0.3, 0.4) is 0 Å². The number of unbranched alkanes of at least 4 members (excludes halogenated alkanes) is 18. The second kappa shape index (κ2) is 41.0. The number of rotatable bonds is 38. The van der Waals surface area contributed by atoms with Crippen LogP contribution in [0.4, 0.5) is 0 Å². The van der Waals surface area contributed by atoms with Gasteiger partial charge in [0.25, 0.3) is 0 Å². The molecule has 0 N–H and O–H groups in total. The molecule has 1 atom stereocenters. The third kappa shape index (κ3) is 37.5. The highest BCUT2D eigenvalue weighted by Gasteiger charge is 2.11. The molecule has 3 heteroatoms. The van der Waals surface area contributed by atoms with Crippen molar-refractivity contribution in [2.75, 3.05) is 39.5 Å². The molecule has 0 fully saturated rings. The first-order valence-electron chi connectivity index (χ1n) is 20.8. The van der Waals surface area contributed by atoms with Gasteiger partial charge in [0.2, 0.25) is 0 Å². The smallest absolute Gasteiger partial charge is 0.0820 e. The van der Waals surface area contributed by atoms with Gasteiger partial charge in [0.05, 0.1) is 12.7 Å². The lowest BCUT2D eigenvalue weighted by Gasteiger charge is -2.23. The van der Waals surface area contributed by atoms with Crippen LogP contribution in [0.2, 0.25) is 0 Å². The zero-order valence-corrected chi connectivity index (χ0v) is 32.4. The van der Waals surface area contributed by atoms with Crippen molar-refractivity contribution >= 4 is 0 Å². The van der Waals surface area contributed by atoms with Gasteiger partial charge in [0.1, 0.15) is 0 Å². The molecule has 0 aromatic rings. The third-order valence-corrected chi connectivity index (χ3v) is 9.15. The van der Waals surface area contributed by atoms with E-state index in [4.69, 9.17) is 9.47 Å². The van der Waals surface area contributed by atoms with E-state index in [9.17, 15) is 0 Å². The molecular formula is C44H83NO2. The van der Waals surface area contributed by atoms with Gasteiger partial charge in [-0.25, -0.2) is 0 Å². The fraction of sp³-hybridized carbons (Fsp3) is 0.818. The zero-order chi connectivity index (χ0) is 34.1. The van der Waals surface area contributed by atoms with Gasteiger partial charge in [-0.3, -0.25) is 0 Å². The summed E-state index contributed by atoms with van der Waals surface area (Å²) in [4.78, 5) is 2.50. The van der Waals surface area contributed by atoms with Crippen molar-refractivity contribution in [1.82, 2.24) is 4.90 Å². The molecule has 0 heterocycles. The van der Waals surface area contributed by atoms with Crippen LogP contribution in [0.5, 0.6) is 0 Å². The van der Waals surface area contributed by atoms with Gasteiger partial charge in [-0.05, 0) is 96.6 Å². The maximum atomic E-state index is 6.36. The highest BCUT2D eigenvalue weighted by Crippen LogP contribution is 2.12. The summed E-state index contributed by atoms with van der Waals surface area (Å²) in [6.45, 7) is 14.9. The monoisotopic (exact) mass is 658 g/mol. The summed E-state index contributed by atoms with van der Waals surface area (Å²) in [6.07, 6.45) is 51.0. The first kappa shape index (κ1) is 45.8. The lowest BCUT2D eigenvalue weighted by molar-refractivity contribution is -0.0259. The number of allylic oxidation sites excluding steroid dienone is 8. The van der Waals surface area contributed by atoms with Gasteiger partial charge in [0, 0.05) is 19.8 Å². The first-order chi connectivity index (χ1) is 23.3. The van der Waals surface area contributed by atoms with Crippen molar-refractivity contribution in [3.8, 4) is 0 Å². The molecule has 3 nitrogen and oxygen atoms in total. The second-order valence-electron chi connectivity index (χ2n) is 13.6. The Kier molecular flexibility index (Phi) is 40.0. The summed E-state index contributed by atoms with van der Waals surface area (Å²) in [7, 11) is 0. The highest BCUT2D eigenvalue weighted by atomic mass is 16.5. The molecule has 0 radical (unpaired) electrons. The van der Waals surface area contributed by atoms with Gasteiger partial charge in [-0.15, -0.1) is 0 Å². The summed E-state index contributed by atoms with van der Waals surface area (Å²) in [5.41, 5.74) is 0. The van der Waals surface area contributed by atoms with Gasteiger partial charge >= 0.3 is 0 Å². The molecule has 0 rings (SSSR count). The van der Waals surface area contributed by atoms with E-state index in [1.807, 2.05) is 0 Å². The van der Waals surface area contributed by atoms with Crippen LogP contribution in [0.25, 0.3) is 0 Å². The van der Waals surface area contributed by atoms with Crippen molar-refractivity contribution < 1.29 is 9.47 Å². The molecule has 0 unspecified atom stereocenters. The van der Waals surface area contributed by atoms with Crippen LogP contribution in [0, 0.1) is 0 Å². The SMILES string of the molecule is CCCCC/C=C/C/C=C/CCCCCCCCOC[C@H](CCN(CC)CC)OCCCCCCCC/C=C/C/C=C/CCCCC. The fourth-order valence-electron chi connectivity index (χ4n) is 5.83. The van der Waals surface area contributed by atoms with Gasteiger partial charge in [-0.2, -0.15) is 0 Å². The van der Waals surface area contributed by atoms with Crippen LogP contribution in [0.15, 0.2) is 48.6 Å². The summed E-state index contributed by atoms with van der Waals surface area (Å²) in [6, 6.07) is 0. The molecule has 276 valence electrons. The van der Waals surface area contributed by atoms with Gasteiger partial charge in [0.15, 0.2) is 0 Å². The Morgan fingerprint density at radius 1 is 0.447 bits per heavy atom. The number of nitrogens with zero attached hydrogens (tertiary/aromatic N) is 1. The van der Waals surface area contributed by atoms with E-state index in [2.05, 4.69) is 81.2 Å². The van der Waals surface area contributed by atoms with Crippen LogP contribution >= 0.6 is 0 Å². The van der Waals surface area contributed by atoms with E-state index >= 15 is 0 Å². The summed E-state index contributed by atoms with van der Waals surface area (Å²) in [5, 5.41) is 0. The average molecular weight is 658 g/mol. The molecule has 47 heavy (non-hydrogen) atoms. The lowest BCUT2D eigenvalue weighted by Crippen LogP contribution is -2.30. The van der Waals surface area contributed by atoms with E-state index in [0.717, 1.165) is 58.7 Å². The predicted molar refractivity (Wildman–Crippen MR) is 212 cm³/mol. The molecule has 0 amide bonds. The van der Waals surface area contributed by atoms with Crippen molar-refractivity contribution in [3.05, 3.63) is 48.6 Å². The van der Waals surface area contributed by atoms with Crippen LogP contribution in [-0.2, 0) is 9.47 Å². The van der Waals surface area contributed by atoms with Crippen molar-refractivity contribution in [2.24, 2.45) is 0 Å². The Morgan fingerprint density at radius 3 is 1.30 bits per heavy atom. The fourth-order valence-corrected chi connectivity index (χ4v) is 5.83. The van der Waals surface area contributed by atoms with E-state index in [1.54, 1.807) is 0 Å². The molecule has 0 aromatic carbocycles. The first-order valence-corrected chi connectivity index (χ1v) is 20.8. The lowest BCUT2D eigenvalue weighted by atomic mass is 10.1. The quantitative estimate of drug-likeness (QED) is 0.0487. The number of hydrogen-bond acceptors (Lipinski definition) is 3. The Hall–Kier alpha value is -1.16. The maximum absolute atomic E-state index is 6.36. The van der Waals surface area contributed by atoms with Crippen LogP contribution < -0.4 is 0 Å². The third-order valence-electron chi connectivity index (χ3n) is 9.15. The van der Waals surface area contributed by atoms with E-state index < -0.39 is 0 Å². The van der Waals surface area contributed by atoms with Gasteiger partial charge < -0.3 is 14.4 Å². The van der Waals surface area contributed by atoms with Crippen molar-refractivity contribution in [1.29, 1.82) is 0 Å². The second-order valence-corrected chi connectivity index (χ2v) is 13.6. The average Bonchev–Trinajstić information content (AvgIpc) is 3.09. The molecule has 0 spiro atoms. The van der Waals surface area contributed by atoms with E-state index in [-0.39, 0.29) is 6.10 Å². The van der Waals surface area contributed by atoms with E-state index in [0.29, 0.717) is 0 Å². The summed E-state index contributed by atoms with van der Waals surface area (Å²) in [5.74, 6) is 0. The molecular weight excluding hydrogens is 574 g/mol. The molecule has 0 aliphatic rings. The Morgan fingerprint density at radius 2 is 0.851 bits per heavy atom. The molecule has 0 bridgehead atoms. The van der Waals surface area contributed by atoms with Gasteiger partial charge in [-0.1, -0.05) is 153 Å². The number of hydrogen-bond donors (Lipinski definition) is 0. The Labute approximate surface area is 296 Å². The maximum Gasteiger partial charge on any atom is 0.0820 e. The zero-order valence-electron chi connectivity index (χ0n) is 32.4. The molecule has 0 saturated carbocycles. The van der Waals surface area contributed by atoms with Crippen molar-refractivity contribution in [3.63, 3.8) is 0 Å². The predicted octanol–water partition coefficient (Wildman–Crippen LogP) is 13.7. The molecule has 0 aromatic heterocycles. The Bertz CT molecular complexity index is 693. The minimum atomic E-state index is 0.234. The number of ether oxygens (including phenoxy) is 2. The summed E-state index contributed by atoms with van der Waals surface area (Å²) < 4.78 is 12.5. The normalized spacial score (nSPS) is 13.1. The van der Waals surface area contributed by atoms with Crippen LogP contribution in [0.1, 0.15) is 188 Å². The topological polar surface area (TPSA) is 21.7 Å².